The van der Waals surface area contributed by atoms with Crippen molar-refractivity contribution in [2.75, 3.05) is 11.1 Å². The molecule has 4 N–H and O–H groups in total. The number of benzene rings is 1. The van der Waals surface area contributed by atoms with Gasteiger partial charge in [0.15, 0.2) is 0 Å². The number of anilines is 3. The summed E-state index contributed by atoms with van der Waals surface area (Å²) in [4.78, 5) is 11.3. The van der Waals surface area contributed by atoms with E-state index in [4.69, 9.17) is 5.73 Å². The molecule has 2 aromatic heterocycles. The molecule has 18 heavy (non-hydrogen) atoms. The normalized spacial score (nSPS) is 10.0. The lowest BCUT2D eigenvalue weighted by atomic mass is 10.2. The first-order valence-corrected chi connectivity index (χ1v) is 5.24. The SMILES string of the molecule is Cl.Nc1ccnc(Nc2ccc3[nH]ccc3c2)n1. The van der Waals surface area contributed by atoms with E-state index in [1.165, 1.54) is 0 Å². The Morgan fingerprint density at radius 2 is 2.06 bits per heavy atom. The van der Waals surface area contributed by atoms with Crippen LogP contribution in [0.25, 0.3) is 10.9 Å². The van der Waals surface area contributed by atoms with Crippen LogP contribution in [0, 0.1) is 0 Å². The van der Waals surface area contributed by atoms with Gasteiger partial charge in [-0.2, -0.15) is 4.98 Å². The van der Waals surface area contributed by atoms with Crippen LogP contribution in [-0.2, 0) is 0 Å². The summed E-state index contributed by atoms with van der Waals surface area (Å²) < 4.78 is 0. The molecule has 0 spiro atoms. The third-order valence-electron chi connectivity index (χ3n) is 2.49. The number of hydrogen-bond donors (Lipinski definition) is 3. The van der Waals surface area contributed by atoms with E-state index in [0.717, 1.165) is 16.6 Å². The minimum Gasteiger partial charge on any atom is -0.384 e. The van der Waals surface area contributed by atoms with Gasteiger partial charge in [0, 0.05) is 29.0 Å². The molecule has 0 bridgehead atoms. The Labute approximate surface area is 110 Å². The lowest BCUT2D eigenvalue weighted by Crippen LogP contribution is -1.99. The highest BCUT2D eigenvalue weighted by atomic mass is 35.5. The zero-order chi connectivity index (χ0) is 11.7. The van der Waals surface area contributed by atoms with Crippen molar-refractivity contribution in [3.63, 3.8) is 0 Å². The summed E-state index contributed by atoms with van der Waals surface area (Å²) in [6, 6.07) is 9.66. The summed E-state index contributed by atoms with van der Waals surface area (Å²) >= 11 is 0. The average Bonchev–Trinajstić information content (AvgIpc) is 2.76. The number of nitrogens with zero attached hydrogens (tertiary/aromatic N) is 2. The van der Waals surface area contributed by atoms with Crippen LogP contribution in [0.5, 0.6) is 0 Å². The van der Waals surface area contributed by atoms with E-state index >= 15 is 0 Å². The summed E-state index contributed by atoms with van der Waals surface area (Å²) in [5.41, 5.74) is 7.62. The highest BCUT2D eigenvalue weighted by molar-refractivity contribution is 5.85. The molecule has 92 valence electrons. The zero-order valence-corrected chi connectivity index (χ0v) is 10.2. The lowest BCUT2D eigenvalue weighted by molar-refractivity contribution is 1.17. The minimum atomic E-state index is 0. The van der Waals surface area contributed by atoms with Crippen molar-refractivity contribution in [3.05, 3.63) is 42.7 Å². The number of rotatable bonds is 2. The van der Waals surface area contributed by atoms with E-state index in [2.05, 4.69) is 20.3 Å². The predicted octanol–water partition coefficient (Wildman–Crippen LogP) is 2.71. The summed E-state index contributed by atoms with van der Waals surface area (Å²) in [7, 11) is 0. The van der Waals surface area contributed by atoms with Crippen LogP contribution in [0.1, 0.15) is 0 Å². The highest BCUT2D eigenvalue weighted by Crippen LogP contribution is 2.20. The minimum absolute atomic E-state index is 0. The van der Waals surface area contributed by atoms with Gasteiger partial charge in [0.2, 0.25) is 5.95 Å². The molecule has 0 fully saturated rings. The predicted molar refractivity (Wildman–Crippen MR) is 75.3 cm³/mol. The van der Waals surface area contributed by atoms with Gasteiger partial charge >= 0.3 is 0 Å². The van der Waals surface area contributed by atoms with E-state index in [0.29, 0.717) is 11.8 Å². The van der Waals surface area contributed by atoms with Gasteiger partial charge in [-0.1, -0.05) is 0 Å². The van der Waals surface area contributed by atoms with Gasteiger partial charge in [-0.3, -0.25) is 0 Å². The first kappa shape index (κ1) is 12.2. The van der Waals surface area contributed by atoms with E-state index in [-0.39, 0.29) is 12.4 Å². The molecule has 6 heteroatoms. The van der Waals surface area contributed by atoms with Gasteiger partial charge in [0.1, 0.15) is 5.82 Å². The van der Waals surface area contributed by atoms with E-state index in [1.807, 2.05) is 30.5 Å². The molecule has 3 aromatic rings. The quantitative estimate of drug-likeness (QED) is 0.663. The topological polar surface area (TPSA) is 79.6 Å². The highest BCUT2D eigenvalue weighted by Gasteiger charge is 2.00. The Balaban J connectivity index is 0.00000120. The second-order valence-corrected chi connectivity index (χ2v) is 3.71. The summed E-state index contributed by atoms with van der Waals surface area (Å²) in [6.45, 7) is 0. The fourth-order valence-electron chi connectivity index (χ4n) is 1.69. The first-order valence-electron chi connectivity index (χ1n) is 5.24. The molecule has 5 nitrogen and oxygen atoms in total. The van der Waals surface area contributed by atoms with Crippen molar-refractivity contribution in [1.29, 1.82) is 0 Å². The van der Waals surface area contributed by atoms with E-state index in [9.17, 15) is 0 Å². The molecule has 3 rings (SSSR count). The fraction of sp³-hybridized carbons (Fsp3) is 0. The number of nitrogen functional groups attached to an aromatic ring is 1. The summed E-state index contributed by atoms with van der Waals surface area (Å²) in [6.07, 6.45) is 3.53. The van der Waals surface area contributed by atoms with E-state index in [1.54, 1.807) is 12.3 Å². The Morgan fingerprint density at radius 3 is 2.89 bits per heavy atom. The van der Waals surface area contributed by atoms with Crippen molar-refractivity contribution >= 4 is 40.8 Å². The van der Waals surface area contributed by atoms with Gasteiger partial charge in [0.05, 0.1) is 0 Å². The standard InChI is InChI=1S/C12H11N5.ClH/c13-11-4-6-15-12(17-11)16-9-1-2-10-8(7-9)3-5-14-10;/h1-7,14H,(H3,13,15,16,17);1H. The third kappa shape index (κ3) is 2.36. The van der Waals surface area contributed by atoms with Crippen molar-refractivity contribution in [2.24, 2.45) is 0 Å². The Bertz CT molecular complexity index is 664. The molecule has 0 saturated carbocycles. The van der Waals surface area contributed by atoms with Gasteiger partial charge < -0.3 is 16.0 Å². The molecule has 0 aliphatic carbocycles. The van der Waals surface area contributed by atoms with Crippen molar-refractivity contribution in [2.45, 2.75) is 0 Å². The van der Waals surface area contributed by atoms with Gasteiger partial charge in [0.25, 0.3) is 0 Å². The van der Waals surface area contributed by atoms with Crippen LogP contribution in [0.15, 0.2) is 42.7 Å². The van der Waals surface area contributed by atoms with Crippen LogP contribution < -0.4 is 11.1 Å². The van der Waals surface area contributed by atoms with Crippen LogP contribution >= 0.6 is 12.4 Å². The van der Waals surface area contributed by atoms with Crippen LogP contribution in [0.3, 0.4) is 0 Å². The molecular formula is C12H12ClN5. The third-order valence-corrected chi connectivity index (χ3v) is 2.49. The van der Waals surface area contributed by atoms with Crippen molar-refractivity contribution in [3.8, 4) is 0 Å². The molecule has 0 atom stereocenters. The number of aromatic nitrogens is 3. The molecule has 0 aliphatic heterocycles. The number of nitrogens with two attached hydrogens (primary N) is 1. The molecule has 0 saturated heterocycles. The maximum absolute atomic E-state index is 5.59. The molecule has 1 aromatic carbocycles. The second kappa shape index (κ2) is 4.93. The Morgan fingerprint density at radius 1 is 1.17 bits per heavy atom. The smallest absolute Gasteiger partial charge is 0.229 e. The van der Waals surface area contributed by atoms with Crippen LogP contribution in [-0.4, -0.2) is 15.0 Å². The number of fused-ring (bicyclic) bond motifs is 1. The van der Waals surface area contributed by atoms with Gasteiger partial charge in [-0.25, -0.2) is 4.98 Å². The number of H-pyrrole nitrogens is 1. The monoisotopic (exact) mass is 261 g/mol. The van der Waals surface area contributed by atoms with Crippen LogP contribution in [0.4, 0.5) is 17.5 Å². The summed E-state index contributed by atoms with van der Waals surface area (Å²) in [5, 5.41) is 4.25. The van der Waals surface area contributed by atoms with Crippen LogP contribution in [0.2, 0.25) is 0 Å². The summed E-state index contributed by atoms with van der Waals surface area (Å²) in [5.74, 6) is 0.949. The maximum atomic E-state index is 5.59. The number of nitrogens with one attached hydrogen (secondary N) is 2. The number of aromatic amines is 1. The van der Waals surface area contributed by atoms with Crippen molar-refractivity contribution < 1.29 is 0 Å². The number of hydrogen-bond acceptors (Lipinski definition) is 4. The van der Waals surface area contributed by atoms with Gasteiger partial charge in [-0.05, 0) is 30.3 Å². The fourth-order valence-corrected chi connectivity index (χ4v) is 1.69. The van der Waals surface area contributed by atoms with E-state index < -0.39 is 0 Å². The van der Waals surface area contributed by atoms with Crippen molar-refractivity contribution in [1.82, 2.24) is 15.0 Å². The zero-order valence-electron chi connectivity index (χ0n) is 9.42. The first-order chi connectivity index (χ1) is 8.31. The van der Waals surface area contributed by atoms with Gasteiger partial charge in [-0.15, -0.1) is 12.4 Å². The molecule has 2 heterocycles. The average molecular weight is 262 g/mol. The molecule has 0 radical (unpaired) electrons. The second-order valence-electron chi connectivity index (χ2n) is 3.71. The maximum Gasteiger partial charge on any atom is 0.229 e. The number of halogens is 1. The lowest BCUT2D eigenvalue weighted by Gasteiger charge is -2.04. The Kier molecular flexibility index (Phi) is 3.34. The molecule has 0 aliphatic rings. The molecule has 0 amide bonds. The molecular weight excluding hydrogens is 250 g/mol. The molecule has 0 unspecified atom stereocenters. The largest absolute Gasteiger partial charge is 0.384 e. The Hall–Kier alpha value is -2.27.